The smallest absolute Gasteiger partial charge is 0.271 e. The van der Waals surface area contributed by atoms with Gasteiger partial charge in [-0.15, -0.1) is 0 Å². The van der Waals surface area contributed by atoms with E-state index in [0.717, 1.165) is 11.3 Å². The Morgan fingerprint density at radius 2 is 2.09 bits per heavy atom. The number of carbonyl (C=O) groups excluding carboxylic acids is 1. The molecule has 0 spiro atoms. The number of thioether (sulfide) groups is 1. The molecular formula is C23H30N6O3S. The fourth-order valence-corrected chi connectivity index (χ4v) is 5.69. The van der Waals surface area contributed by atoms with E-state index in [2.05, 4.69) is 32.2 Å². The number of carbonyl (C=O) groups is 1. The van der Waals surface area contributed by atoms with Gasteiger partial charge in [0, 0.05) is 34.7 Å². The molecule has 176 valence electrons. The molecule has 0 saturated heterocycles. The van der Waals surface area contributed by atoms with Crippen LogP contribution in [0.15, 0.2) is 50.3 Å². The average molecular weight is 471 g/mol. The first-order valence-corrected chi connectivity index (χ1v) is 12.1. The molecule has 2 N–H and O–H groups in total. The molecular weight excluding hydrogens is 440 g/mol. The first-order chi connectivity index (χ1) is 16.1. The van der Waals surface area contributed by atoms with Gasteiger partial charge < -0.3 is 20.3 Å². The van der Waals surface area contributed by atoms with Gasteiger partial charge in [-0.25, -0.2) is 5.01 Å². The number of fused-ring (bicyclic) bond motifs is 1. The maximum atomic E-state index is 11.7. The van der Waals surface area contributed by atoms with Crippen LogP contribution in [0.1, 0.15) is 56.6 Å². The van der Waals surface area contributed by atoms with Gasteiger partial charge in [0.15, 0.2) is 11.2 Å². The topological polar surface area (TPSA) is 105 Å². The molecule has 0 bridgehead atoms. The van der Waals surface area contributed by atoms with E-state index in [0.29, 0.717) is 18.0 Å². The maximum absolute atomic E-state index is 11.7. The summed E-state index contributed by atoms with van der Waals surface area (Å²) >= 11 is 1.85. The third kappa shape index (κ3) is 5.16. The zero-order valence-electron chi connectivity index (χ0n) is 19.0. The largest absolute Gasteiger partial charge is 0.398 e. The number of allylic oxidation sites excluding steroid dienone is 2. The normalized spacial score (nSPS) is 21.3. The average Bonchev–Trinajstić information content (AvgIpc) is 3.36. The highest BCUT2D eigenvalue weighted by Crippen LogP contribution is 2.44. The second-order valence-electron chi connectivity index (χ2n) is 8.17. The number of hydrogen-bond acceptors (Lipinski definition) is 9. The molecule has 1 aromatic carbocycles. The van der Waals surface area contributed by atoms with E-state index in [9.17, 15) is 4.79 Å². The first kappa shape index (κ1) is 23.2. The van der Waals surface area contributed by atoms with Crippen LogP contribution in [0.4, 0.5) is 0 Å². The van der Waals surface area contributed by atoms with Crippen LogP contribution >= 0.6 is 11.8 Å². The second kappa shape index (κ2) is 10.7. The van der Waals surface area contributed by atoms with Crippen molar-refractivity contribution >= 4 is 35.9 Å². The lowest BCUT2D eigenvalue weighted by atomic mass is 9.95. The van der Waals surface area contributed by atoms with Gasteiger partial charge >= 0.3 is 0 Å². The van der Waals surface area contributed by atoms with Crippen LogP contribution < -0.4 is 5.73 Å². The minimum atomic E-state index is -0.670. The van der Waals surface area contributed by atoms with Crippen LogP contribution in [0.5, 0.6) is 0 Å². The van der Waals surface area contributed by atoms with Crippen molar-refractivity contribution in [3.05, 3.63) is 46.0 Å². The summed E-state index contributed by atoms with van der Waals surface area (Å²) in [6.07, 6.45) is 10.8. The number of amides is 1. The zero-order chi connectivity index (χ0) is 23.2. The van der Waals surface area contributed by atoms with Crippen LogP contribution in [-0.2, 0) is 21.1 Å². The third-order valence-electron chi connectivity index (χ3n) is 6.08. The number of hydrogen-bond donors (Lipinski definition) is 1. The molecule has 1 amide bonds. The number of primary amides is 1. The molecule has 0 radical (unpaired) electrons. The summed E-state index contributed by atoms with van der Waals surface area (Å²) in [5.41, 5.74) is 8.15. The summed E-state index contributed by atoms with van der Waals surface area (Å²) < 4.78 is 0. The summed E-state index contributed by atoms with van der Waals surface area (Å²) in [7, 11) is 1.37. The molecule has 1 atom stereocenters. The lowest BCUT2D eigenvalue weighted by Crippen LogP contribution is -2.42. The molecule has 9 nitrogen and oxygen atoms in total. The number of hydrazone groups is 1. The Hall–Kier alpha value is -3.01. The molecule has 4 rings (SSSR count). The highest BCUT2D eigenvalue weighted by molar-refractivity contribution is 8.03. The molecule has 2 aliphatic heterocycles. The van der Waals surface area contributed by atoms with E-state index in [1.54, 1.807) is 18.3 Å². The van der Waals surface area contributed by atoms with Crippen molar-refractivity contribution in [3.63, 3.8) is 0 Å². The van der Waals surface area contributed by atoms with Crippen molar-refractivity contribution in [3.8, 4) is 0 Å². The highest BCUT2D eigenvalue weighted by atomic mass is 32.2. The van der Waals surface area contributed by atoms with Crippen molar-refractivity contribution in [2.45, 2.75) is 63.6 Å². The Balaban J connectivity index is 1.33. The quantitative estimate of drug-likeness (QED) is 0.437. The zero-order valence-corrected chi connectivity index (χ0v) is 19.8. The fraction of sp³-hybridized carbons (Fsp3) is 0.478. The first-order valence-electron chi connectivity index (χ1n) is 11.2. The second-order valence-corrected chi connectivity index (χ2v) is 9.44. The predicted octanol–water partition coefficient (Wildman–Crippen LogP) is 3.57. The van der Waals surface area contributed by atoms with Gasteiger partial charge in [-0.05, 0) is 19.8 Å². The van der Waals surface area contributed by atoms with E-state index in [1.165, 1.54) is 44.1 Å². The van der Waals surface area contributed by atoms with Gasteiger partial charge in [-0.1, -0.05) is 65.6 Å². The summed E-state index contributed by atoms with van der Waals surface area (Å²) in [6, 6.07) is 7.82. The van der Waals surface area contributed by atoms with Gasteiger partial charge in [0.05, 0.1) is 5.70 Å². The van der Waals surface area contributed by atoms with E-state index < -0.39 is 5.91 Å². The van der Waals surface area contributed by atoms with E-state index in [1.807, 2.05) is 30.2 Å². The van der Waals surface area contributed by atoms with Crippen LogP contribution in [-0.4, -0.2) is 52.7 Å². The van der Waals surface area contributed by atoms with Crippen LogP contribution in [0.2, 0.25) is 0 Å². The lowest BCUT2D eigenvalue weighted by Gasteiger charge is -2.34. The van der Waals surface area contributed by atoms with Crippen LogP contribution in [0.3, 0.4) is 0 Å². The lowest BCUT2D eigenvalue weighted by molar-refractivity contribution is -0.112. The molecule has 1 aromatic rings. The molecule has 2 heterocycles. The number of rotatable bonds is 9. The summed E-state index contributed by atoms with van der Waals surface area (Å²) in [5, 5.41) is 14.7. The van der Waals surface area contributed by atoms with Crippen molar-refractivity contribution < 1.29 is 14.5 Å². The molecule has 10 heteroatoms. The van der Waals surface area contributed by atoms with E-state index in [-0.39, 0.29) is 17.8 Å². The van der Waals surface area contributed by atoms with Gasteiger partial charge in [-0.2, -0.15) is 5.10 Å². The van der Waals surface area contributed by atoms with Gasteiger partial charge in [0.25, 0.3) is 5.91 Å². The van der Waals surface area contributed by atoms with Gasteiger partial charge in [-0.3, -0.25) is 4.79 Å². The number of nitrogens with two attached hydrogens (primary N) is 1. The fourth-order valence-electron chi connectivity index (χ4n) is 4.43. The number of nitrogens with zero attached hydrogens (tertiary/aromatic N) is 5. The van der Waals surface area contributed by atoms with E-state index in [4.69, 9.17) is 15.4 Å². The third-order valence-corrected chi connectivity index (χ3v) is 7.32. The molecule has 1 aliphatic carbocycles. The number of benzene rings is 1. The Morgan fingerprint density at radius 3 is 2.85 bits per heavy atom. The molecule has 33 heavy (non-hydrogen) atoms. The summed E-state index contributed by atoms with van der Waals surface area (Å²) in [6.45, 7) is 2.31. The molecule has 0 aromatic heterocycles. The molecule has 3 aliphatic rings. The van der Waals surface area contributed by atoms with E-state index >= 15 is 0 Å². The van der Waals surface area contributed by atoms with Crippen molar-refractivity contribution in [1.82, 2.24) is 9.91 Å². The highest BCUT2D eigenvalue weighted by Gasteiger charge is 2.40. The summed E-state index contributed by atoms with van der Waals surface area (Å²) in [5.74, 6) is -0.670. The monoisotopic (exact) mass is 470 g/mol. The molecule has 1 saturated carbocycles. The molecule has 1 fully saturated rings. The number of oxime groups is 2. The van der Waals surface area contributed by atoms with Crippen molar-refractivity contribution in [1.29, 1.82) is 0 Å². The Bertz CT molecular complexity index is 986. The minimum absolute atomic E-state index is 0.0462. The van der Waals surface area contributed by atoms with Crippen molar-refractivity contribution in [2.75, 3.05) is 7.11 Å². The Morgan fingerprint density at radius 1 is 1.30 bits per heavy atom. The van der Waals surface area contributed by atoms with Crippen LogP contribution in [0, 0.1) is 0 Å². The maximum Gasteiger partial charge on any atom is 0.271 e. The summed E-state index contributed by atoms with van der Waals surface area (Å²) in [4.78, 5) is 25.7. The van der Waals surface area contributed by atoms with Crippen molar-refractivity contribution in [2.24, 2.45) is 21.1 Å². The minimum Gasteiger partial charge on any atom is -0.398 e. The predicted molar refractivity (Wildman–Crippen MR) is 130 cm³/mol. The standard InChI is InChI=1S/C23H30N6O3S/c1-16-20(29-23(33-16)28(15-25-29)18-9-4-3-5-10-18)12-13-26-32-14-17-8-6-7-11-19(17)21(22(24)30)27-31-2/h6-8,11,13,15,18,23H,3-5,9-10,12,14H2,1-2H3,(H2,24,30). The Kier molecular flexibility index (Phi) is 7.54. The van der Waals surface area contributed by atoms with Gasteiger partial charge in [0.2, 0.25) is 0 Å². The van der Waals surface area contributed by atoms with Gasteiger partial charge in [0.1, 0.15) is 20.1 Å². The molecule has 1 unspecified atom stereocenters. The SMILES string of the molecule is CON=C(C(N)=O)c1ccccc1CON=CCC1=C(C)SC2N1N=CN2C1CCCCC1. The van der Waals surface area contributed by atoms with Crippen LogP contribution in [0.25, 0.3) is 0 Å². The Labute approximate surface area is 198 Å².